The van der Waals surface area contributed by atoms with Crippen molar-refractivity contribution in [3.8, 4) is 0 Å². The summed E-state index contributed by atoms with van der Waals surface area (Å²) in [7, 11) is -0.508. The highest BCUT2D eigenvalue weighted by atomic mass is 19.1. The van der Waals surface area contributed by atoms with E-state index in [1.165, 1.54) is 6.07 Å². The highest BCUT2D eigenvalue weighted by molar-refractivity contribution is 6.62. The molecule has 1 atom stereocenters. The topological polar surface area (TPSA) is 90.6 Å². The molecule has 1 heterocycles. The van der Waals surface area contributed by atoms with Gasteiger partial charge in [-0.15, -0.1) is 0 Å². The summed E-state index contributed by atoms with van der Waals surface area (Å²) in [4.78, 5) is 24.2. The third kappa shape index (κ3) is 5.34. The maximum atomic E-state index is 13.8. The molecule has 0 aromatic heterocycles. The van der Waals surface area contributed by atoms with E-state index in [0.717, 1.165) is 17.1 Å². The van der Waals surface area contributed by atoms with Crippen LogP contribution < -0.4 is 16.5 Å². The molecule has 0 bridgehead atoms. The normalized spacial score (nSPS) is 17.8. The van der Waals surface area contributed by atoms with Crippen LogP contribution in [0.25, 0.3) is 0 Å². The molecule has 32 heavy (non-hydrogen) atoms. The van der Waals surface area contributed by atoms with Gasteiger partial charge in [0.05, 0.1) is 17.6 Å². The first-order valence-electron chi connectivity index (χ1n) is 10.3. The Hall–Kier alpha value is -2.78. The van der Waals surface area contributed by atoms with E-state index < -0.39 is 47.8 Å². The van der Waals surface area contributed by atoms with Gasteiger partial charge in [-0.1, -0.05) is 30.3 Å². The van der Waals surface area contributed by atoms with Gasteiger partial charge in [0.15, 0.2) is 0 Å². The number of nitrogens with one attached hydrogen (secondary N) is 1. The Kier molecular flexibility index (Phi) is 6.71. The molecule has 1 fully saturated rings. The van der Waals surface area contributed by atoms with E-state index in [1.807, 2.05) is 52.0 Å². The van der Waals surface area contributed by atoms with Crippen LogP contribution in [0, 0.1) is 11.6 Å². The van der Waals surface area contributed by atoms with Crippen molar-refractivity contribution in [1.29, 1.82) is 0 Å². The van der Waals surface area contributed by atoms with Crippen molar-refractivity contribution in [2.24, 2.45) is 5.73 Å². The smallest absolute Gasteiger partial charge is 0.399 e. The van der Waals surface area contributed by atoms with Gasteiger partial charge in [-0.05, 0) is 50.4 Å². The summed E-state index contributed by atoms with van der Waals surface area (Å²) in [5.41, 5.74) is 6.16. The van der Waals surface area contributed by atoms with Crippen LogP contribution in [0.2, 0.25) is 0 Å². The lowest BCUT2D eigenvalue weighted by atomic mass is 9.78. The lowest BCUT2D eigenvalue weighted by molar-refractivity contribution is -0.127. The largest absolute Gasteiger partial charge is 0.494 e. The number of primary amides is 1. The molecule has 0 radical (unpaired) electrons. The number of halogens is 2. The Morgan fingerprint density at radius 3 is 2.16 bits per heavy atom. The summed E-state index contributed by atoms with van der Waals surface area (Å²) >= 11 is 0. The van der Waals surface area contributed by atoms with Crippen LogP contribution in [-0.2, 0) is 31.7 Å². The number of nitrogens with two attached hydrogens (primary N) is 1. The molecule has 1 aliphatic rings. The van der Waals surface area contributed by atoms with Crippen LogP contribution >= 0.6 is 0 Å². The number of carbonyl (C=O) groups is 2. The predicted octanol–water partition coefficient (Wildman–Crippen LogP) is 2.02. The van der Waals surface area contributed by atoms with E-state index in [0.29, 0.717) is 6.07 Å². The second-order valence-electron chi connectivity index (χ2n) is 8.97. The van der Waals surface area contributed by atoms with E-state index in [1.54, 1.807) is 0 Å². The van der Waals surface area contributed by atoms with Gasteiger partial charge in [0.1, 0.15) is 17.7 Å². The second kappa shape index (κ2) is 9.00. The molecule has 0 unspecified atom stereocenters. The maximum absolute atomic E-state index is 13.8. The van der Waals surface area contributed by atoms with E-state index in [2.05, 4.69) is 5.32 Å². The van der Waals surface area contributed by atoms with Gasteiger partial charge in [0.2, 0.25) is 11.8 Å². The molecular formula is C23H27BF2N2O4. The van der Waals surface area contributed by atoms with Crippen LogP contribution in [0.3, 0.4) is 0 Å². The number of rotatable bonds is 7. The quantitative estimate of drug-likeness (QED) is 0.640. The number of hydrogen-bond acceptors (Lipinski definition) is 4. The monoisotopic (exact) mass is 444 g/mol. The molecule has 1 aliphatic heterocycles. The van der Waals surface area contributed by atoms with Crippen molar-refractivity contribution in [3.05, 3.63) is 65.2 Å². The van der Waals surface area contributed by atoms with Crippen LogP contribution in [0.4, 0.5) is 8.78 Å². The van der Waals surface area contributed by atoms with Crippen molar-refractivity contribution in [2.75, 3.05) is 0 Å². The fourth-order valence-corrected chi connectivity index (χ4v) is 3.33. The first-order valence-corrected chi connectivity index (χ1v) is 10.3. The van der Waals surface area contributed by atoms with Crippen molar-refractivity contribution in [3.63, 3.8) is 0 Å². The minimum absolute atomic E-state index is 0.0267. The van der Waals surface area contributed by atoms with Crippen molar-refractivity contribution in [2.45, 2.75) is 57.8 Å². The number of benzene rings is 2. The molecule has 6 nitrogen and oxygen atoms in total. The molecule has 170 valence electrons. The molecule has 1 saturated heterocycles. The Morgan fingerprint density at radius 2 is 1.62 bits per heavy atom. The molecule has 0 spiro atoms. The van der Waals surface area contributed by atoms with Gasteiger partial charge in [-0.3, -0.25) is 9.59 Å². The fourth-order valence-electron chi connectivity index (χ4n) is 3.33. The molecule has 2 amide bonds. The zero-order chi connectivity index (χ0) is 23.7. The van der Waals surface area contributed by atoms with Crippen molar-refractivity contribution < 1.29 is 27.7 Å². The highest BCUT2D eigenvalue weighted by Crippen LogP contribution is 2.36. The summed E-state index contributed by atoms with van der Waals surface area (Å²) < 4.78 is 38.9. The Morgan fingerprint density at radius 1 is 1.03 bits per heavy atom. The van der Waals surface area contributed by atoms with Gasteiger partial charge in [0, 0.05) is 12.5 Å². The summed E-state index contributed by atoms with van der Waals surface area (Å²) in [6, 6.07) is 9.28. The van der Waals surface area contributed by atoms with Crippen molar-refractivity contribution >= 4 is 24.4 Å². The van der Waals surface area contributed by atoms with Crippen LogP contribution in [0.5, 0.6) is 0 Å². The van der Waals surface area contributed by atoms with Crippen molar-refractivity contribution in [1.82, 2.24) is 5.32 Å². The first kappa shape index (κ1) is 23.9. The SMILES string of the molecule is CC1(C)OB(c2ccc(C[C@H](NC(=O)Cc3ccc(F)cc3F)C(N)=O)cc2)OC1(C)C. The van der Waals surface area contributed by atoms with E-state index in [-0.39, 0.29) is 18.4 Å². The Bertz CT molecular complexity index is 996. The maximum Gasteiger partial charge on any atom is 0.494 e. The van der Waals surface area contributed by atoms with E-state index in [4.69, 9.17) is 15.0 Å². The zero-order valence-corrected chi connectivity index (χ0v) is 18.6. The summed E-state index contributed by atoms with van der Waals surface area (Å²) in [5.74, 6) is -2.86. The molecule has 0 aliphatic carbocycles. The number of carbonyl (C=O) groups excluding carboxylic acids is 2. The predicted molar refractivity (Wildman–Crippen MR) is 117 cm³/mol. The number of hydrogen-bond donors (Lipinski definition) is 2. The van der Waals surface area contributed by atoms with E-state index in [9.17, 15) is 18.4 Å². The molecule has 3 N–H and O–H groups in total. The summed E-state index contributed by atoms with van der Waals surface area (Å²) in [6.07, 6.45) is -0.173. The zero-order valence-electron chi connectivity index (χ0n) is 18.6. The Balaban J connectivity index is 1.63. The average Bonchev–Trinajstić information content (AvgIpc) is 2.91. The first-order chi connectivity index (χ1) is 14.9. The van der Waals surface area contributed by atoms with Gasteiger partial charge in [-0.25, -0.2) is 8.78 Å². The lowest BCUT2D eigenvalue weighted by Gasteiger charge is -2.32. The summed E-state index contributed by atoms with van der Waals surface area (Å²) in [6.45, 7) is 7.89. The van der Waals surface area contributed by atoms with Crippen LogP contribution in [0.1, 0.15) is 38.8 Å². The minimum atomic E-state index is -0.978. The fraction of sp³-hybridized carbons (Fsp3) is 0.391. The molecule has 0 saturated carbocycles. The minimum Gasteiger partial charge on any atom is -0.399 e. The third-order valence-corrected chi connectivity index (χ3v) is 5.99. The van der Waals surface area contributed by atoms with Gasteiger partial charge in [-0.2, -0.15) is 0 Å². The molecule has 2 aromatic rings. The molecular weight excluding hydrogens is 417 g/mol. The summed E-state index contributed by atoms with van der Waals surface area (Å²) in [5, 5.41) is 2.52. The Labute approximate surface area is 186 Å². The van der Waals surface area contributed by atoms with Gasteiger partial charge in [0.25, 0.3) is 0 Å². The lowest BCUT2D eigenvalue weighted by Crippen LogP contribution is -2.46. The second-order valence-corrected chi connectivity index (χ2v) is 8.97. The van der Waals surface area contributed by atoms with Gasteiger partial charge < -0.3 is 20.4 Å². The third-order valence-electron chi connectivity index (χ3n) is 5.99. The van der Waals surface area contributed by atoms with Gasteiger partial charge >= 0.3 is 7.12 Å². The number of amides is 2. The molecule has 9 heteroatoms. The van der Waals surface area contributed by atoms with Crippen LogP contribution in [0.15, 0.2) is 42.5 Å². The standard InChI is InChI=1S/C23H27BF2N2O4/c1-22(2)23(3,4)32-24(31-22)16-8-5-14(6-9-16)11-19(21(27)30)28-20(29)12-15-7-10-17(25)13-18(15)26/h5-10,13,19H,11-12H2,1-4H3,(H2,27,30)(H,28,29)/t19-/m0/s1. The van der Waals surface area contributed by atoms with Crippen LogP contribution in [-0.4, -0.2) is 36.2 Å². The highest BCUT2D eigenvalue weighted by Gasteiger charge is 2.51. The molecule has 2 aromatic carbocycles. The average molecular weight is 444 g/mol. The van der Waals surface area contributed by atoms with E-state index >= 15 is 0 Å². The molecule has 3 rings (SSSR count).